The summed E-state index contributed by atoms with van der Waals surface area (Å²) in [5.74, 6) is 0. The monoisotopic (exact) mass is 259 g/mol. The molecule has 2 N–H and O–H groups in total. The highest BCUT2D eigenvalue weighted by Crippen LogP contribution is 2.31. The van der Waals surface area contributed by atoms with Crippen LogP contribution in [0.2, 0.25) is 0 Å². The van der Waals surface area contributed by atoms with Gasteiger partial charge in [-0.25, -0.2) is 0 Å². The SMILES string of the molecule is C=CC[C@H]1Cc2c(cccc2[N+](=O)[O-])[C@@H](CC=C)[NH2+]1. The Hall–Kier alpha value is -1.94. The molecule has 0 aromatic heterocycles. The molecule has 1 heterocycles. The Morgan fingerprint density at radius 3 is 2.74 bits per heavy atom. The number of nitro benzene ring substituents is 1. The van der Waals surface area contributed by atoms with Crippen molar-refractivity contribution in [1.29, 1.82) is 0 Å². The molecule has 19 heavy (non-hydrogen) atoms. The number of nitrogens with two attached hydrogens (primary N) is 1. The molecule has 0 amide bonds. The van der Waals surface area contributed by atoms with Crippen LogP contribution in [0.5, 0.6) is 0 Å². The smallest absolute Gasteiger partial charge is 0.273 e. The van der Waals surface area contributed by atoms with Gasteiger partial charge in [0.15, 0.2) is 0 Å². The number of benzene rings is 1. The average molecular weight is 259 g/mol. The first kappa shape index (κ1) is 13.5. The van der Waals surface area contributed by atoms with Gasteiger partial charge in [0.25, 0.3) is 5.69 Å². The molecule has 4 nitrogen and oxygen atoms in total. The lowest BCUT2D eigenvalue weighted by Crippen LogP contribution is -2.92. The van der Waals surface area contributed by atoms with Crippen LogP contribution in [0.25, 0.3) is 0 Å². The van der Waals surface area contributed by atoms with Crippen LogP contribution in [-0.2, 0) is 6.42 Å². The number of nitrogens with zero attached hydrogens (tertiary/aromatic N) is 1. The van der Waals surface area contributed by atoms with E-state index in [4.69, 9.17) is 0 Å². The van der Waals surface area contributed by atoms with Gasteiger partial charge in [-0.3, -0.25) is 10.1 Å². The summed E-state index contributed by atoms with van der Waals surface area (Å²) >= 11 is 0. The summed E-state index contributed by atoms with van der Waals surface area (Å²) in [6, 6.07) is 5.92. The van der Waals surface area contributed by atoms with Crippen LogP contribution in [0.3, 0.4) is 0 Å². The number of fused-ring (bicyclic) bond motifs is 1. The maximum atomic E-state index is 11.2. The van der Waals surface area contributed by atoms with E-state index in [0.29, 0.717) is 6.04 Å². The van der Waals surface area contributed by atoms with Crippen molar-refractivity contribution >= 4 is 5.69 Å². The summed E-state index contributed by atoms with van der Waals surface area (Å²) in [6.07, 6.45) is 6.17. The van der Waals surface area contributed by atoms with Gasteiger partial charge in [0, 0.05) is 36.5 Å². The van der Waals surface area contributed by atoms with Crippen LogP contribution in [0.15, 0.2) is 43.5 Å². The van der Waals surface area contributed by atoms with E-state index in [1.165, 1.54) is 0 Å². The Morgan fingerprint density at radius 1 is 1.37 bits per heavy atom. The number of rotatable bonds is 5. The van der Waals surface area contributed by atoms with Crippen LogP contribution < -0.4 is 5.32 Å². The van der Waals surface area contributed by atoms with Gasteiger partial charge in [-0.05, 0) is 0 Å². The third-order valence-corrected chi connectivity index (χ3v) is 3.64. The predicted octanol–water partition coefficient (Wildman–Crippen LogP) is 2.28. The first-order valence-electron chi connectivity index (χ1n) is 6.50. The molecule has 0 spiro atoms. The van der Waals surface area contributed by atoms with Crippen molar-refractivity contribution in [1.82, 2.24) is 0 Å². The molecule has 0 bridgehead atoms. The second kappa shape index (κ2) is 5.80. The molecular formula is C15H19N2O2+. The number of nitro groups is 1. The first-order chi connectivity index (χ1) is 9.17. The van der Waals surface area contributed by atoms with Gasteiger partial charge in [-0.1, -0.05) is 24.3 Å². The van der Waals surface area contributed by atoms with Crippen LogP contribution in [0, 0.1) is 10.1 Å². The third-order valence-electron chi connectivity index (χ3n) is 3.64. The summed E-state index contributed by atoms with van der Waals surface area (Å²) < 4.78 is 0. The Morgan fingerprint density at radius 2 is 2.11 bits per heavy atom. The lowest BCUT2D eigenvalue weighted by molar-refractivity contribution is -0.730. The fourth-order valence-electron chi connectivity index (χ4n) is 2.86. The first-order valence-corrected chi connectivity index (χ1v) is 6.50. The predicted molar refractivity (Wildman–Crippen MR) is 74.9 cm³/mol. The Labute approximate surface area is 113 Å². The van der Waals surface area contributed by atoms with Crippen molar-refractivity contribution < 1.29 is 10.2 Å². The molecular weight excluding hydrogens is 240 g/mol. The molecule has 0 saturated carbocycles. The van der Waals surface area contributed by atoms with Crippen LogP contribution >= 0.6 is 0 Å². The highest BCUT2D eigenvalue weighted by Gasteiger charge is 2.33. The minimum atomic E-state index is -0.278. The van der Waals surface area contributed by atoms with Crippen molar-refractivity contribution in [2.45, 2.75) is 31.3 Å². The van der Waals surface area contributed by atoms with E-state index in [2.05, 4.69) is 18.5 Å². The lowest BCUT2D eigenvalue weighted by Gasteiger charge is -2.28. The van der Waals surface area contributed by atoms with Gasteiger partial charge < -0.3 is 5.32 Å². The Bertz CT molecular complexity index is 511. The van der Waals surface area contributed by atoms with E-state index in [0.717, 1.165) is 30.4 Å². The number of hydrogen-bond donors (Lipinski definition) is 1. The molecule has 4 heteroatoms. The molecule has 0 aliphatic carbocycles. The molecule has 1 aromatic rings. The molecule has 0 unspecified atom stereocenters. The maximum Gasteiger partial charge on any atom is 0.273 e. The van der Waals surface area contributed by atoms with Gasteiger partial charge in [0.05, 0.1) is 11.0 Å². The van der Waals surface area contributed by atoms with Crippen molar-refractivity contribution in [3.63, 3.8) is 0 Å². The molecule has 1 aromatic carbocycles. The molecule has 2 rings (SSSR count). The van der Waals surface area contributed by atoms with Gasteiger partial charge in [-0.15, -0.1) is 13.2 Å². The molecule has 100 valence electrons. The van der Waals surface area contributed by atoms with Crippen LogP contribution in [0.4, 0.5) is 5.69 Å². The molecule has 0 saturated heterocycles. The molecule has 0 radical (unpaired) electrons. The second-order valence-corrected chi connectivity index (χ2v) is 4.91. The van der Waals surface area contributed by atoms with E-state index >= 15 is 0 Å². The van der Waals surface area contributed by atoms with E-state index in [1.807, 2.05) is 18.2 Å². The Kier molecular flexibility index (Phi) is 4.12. The van der Waals surface area contributed by atoms with Crippen molar-refractivity contribution in [3.8, 4) is 0 Å². The fraction of sp³-hybridized carbons (Fsp3) is 0.333. The lowest BCUT2D eigenvalue weighted by atomic mass is 9.86. The zero-order valence-corrected chi connectivity index (χ0v) is 10.9. The second-order valence-electron chi connectivity index (χ2n) is 4.91. The normalized spacial score (nSPS) is 21.5. The van der Waals surface area contributed by atoms with Crippen molar-refractivity contribution in [3.05, 3.63) is 64.8 Å². The summed E-state index contributed by atoms with van der Waals surface area (Å²) in [5.41, 5.74) is 2.21. The van der Waals surface area contributed by atoms with Crippen molar-refractivity contribution in [2.24, 2.45) is 0 Å². The standard InChI is InChI=1S/C15H18N2O2/c1-3-6-11-10-13-12(14(16-11)7-4-2)8-5-9-15(13)17(18)19/h3-5,8-9,11,14,16H,1-2,6-7,10H2/p+1/t11-,14+/m0/s1. The molecule has 0 fully saturated rings. The number of hydrogen-bond acceptors (Lipinski definition) is 2. The van der Waals surface area contributed by atoms with E-state index < -0.39 is 0 Å². The highest BCUT2D eigenvalue weighted by atomic mass is 16.6. The zero-order valence-electron chi connectivity index (χ0n) is 10.9. The summed E-state index contributed by atoms with van der Waals surface area (Å²) in [7, 11) is 0. The highest BCUT2D eigenvalue weighted by molar-refractivity contribution is 5.47. The summed E-state index contributed by atoms with van der Waals surface area (Å²) in [5, 5.41) is 13.4. The van der Waals surface area contributed by atoms with E-state index in [9.17, 15) is 10.1 Å². The minimum Gasteiger partial charge on any atom is -0.337 e. The van der Waals surface area contributed by atoms with Gasteiger partial charge in [0.2, 0.25) is 0 Å². The quantitative estimate of drug-likeness (QED) is 0.501. The zero-order chi connectivity index (χ0) is 13.8. The molecule has 2 atom stereocenters. The largest absolute Gasteiger partial charge is 0.337 e. The van der Waals surface area contributed by atoms with Crippen molar-refractivity contribution in [2.75, 3.05) is 0 Å². The maximum absolute atomic E-state index is 11.2. The average Bonchev–Trinajstić information content (AvgIpc) is 2.38. The Balaban J connectivity index is 2.44. The number of quaternary nitrogens is 1. The third kappa shape index (κ3) is 2.74. The van der Waals surface area contributed by atoms with E-state index in [1.54, 1.807) is 12.1 Å². The van der Waals surface area contributed by atoms with Gasteiger partial charge >= 0.3 is 0 Å². The van der Waals surface area contributed by atoms with Gasteiger partial charge in [-0.2, -0.15) is 0 Å². The van der Waals surface area contributed by atoms with Crippen LogP contribution in [-0.4, -0.2) is 11.0 Å². The summed E-state index contributed by atoms with van der Waals surface area (Å²) in [6.45, 7) is 7.55. The van der Waals surface area contributed by atoms with E-state index in [-0.39, 0.29) is 16.7 Å². The minimum absolute atomic E-state index is 0.228. The topological polar surface area (TPSA) is 59.8 Å². The summed E-state index contributed by atoms with van der Waals surface area (Å²) in [4.78, 5) is 10.9. The van der Waals surface area contributed by atoms with Crippen LogP contribution in [0.1, 0.15) is 30.0 Å². The molecule has 1 aliphatic rings. The van der Waals surface area contributed by atoms with Gasteiger partial charge in [0.1, 0.15) is 6.04 Å². The molecule has 1 aliphatic heterocycles. The fourth-order valence-corrected chi connectivity index (χ4v) is 2.86.